The Hall–Kier alpha value is -2.39. The summed E-state index contributed by atoms with van der Waals surface area (Å²) in [6.07, 6.45) is 1.26. The molecule has 168 valence electrons. The number of nitrogens with zero attached hydrogens (tertiary/aromatic N) is 3. The summed E-state index contributed by atoms with van der Waals surface area (Å²) in [6.45, 7) is 9.77. The predicted molar refractivity (Wildman–Crippen MR) is 126 cm³/mol. The largest absolute Gasteiger partial charge is 0.444 e. The Balaban J connectivity index is 1.80. The molecule has 0 spiro atoms. The Morgan fingerprint density at radius 2 is 2.03 bits per heavy atom. The molecule has 1 amide bonds. The molecule has 31 heavy (non-hydrogen) atoms. The second kappa shape index (κ2) is 9.82. The van der Waals surface area contributed by atoms with Gasteiger partial charge in [-0.05, 0) is 58.7 Å². The van der Waals surface area contributed by atoms with Gasteiger partial charge in [-0.2, -0.15) is 0 Å². The molecule has 9 heteroatoms. The second-order valence-electron chi connectivity index (χ2n) is 8.31. The Kier molecular flexibility index (Phi) is 7.38. The van der Waals surface area contributed by atoms with E-state index >= 15 is 0 Å². The molecule has 3 aromatic rings. The van der Waals surface area contributed by atoms with Crippen molar-refractivity contribution in [3.05, 3.63) is 28.5 Å². The van der Waals surface area contributed by atoms with Crippen molar-refractivity contribution in [3.8, 4) is 0 Å². The van der Waals surface area contributed by atoms with E-state index in [1.807, 2.05) is 45.9 Å². The van der Waals surface area contributed by atoms with Gasteiger partial charge >= 0.3 is 6.09 Å². The van der Waals surface area contributed by atoms with Crippen molar-refractivity contribution in [1.82, 2.24) is 19.9 Å². The fourth-order valence-electron chi connectivity index (χ4n) is 3.38. The molecule has 0 atom stereocenters. The zero-order chi connectivity index (χ0) is 22.6. The number of fused-ring (bicyclic) bond motifs is 3. The average molecular weight is 492 g/mol. The van der Waals surface area contributed by atoms with E-state index in [1.165, 1.54) is 0 Å². The maximum atomic E-state index is 11.8. The lowest BCUT2D eigenvalue weighted by Gasteiger charge is -2.19. The van der Waals surface area contributed by atoms with Crippen LogP contribution in [0.3, 0.4) is 0 Å². The van der Waals surface area contributed by atoms with E-state index in [0.717, 1.165) is 46.1 Å². The van der Waals surface area contributed by atoms with Gasteiger partial charge in [0.2, 0.25) is 0 Å². The van der Waals surface area contributed by atoms with Crippen LogP contribution in [-0.4, -0.2) is 39.4 Å². The molecule has 3 N–H and O–H groups in total. The highest BCUT2D eigenvalue weighted by Crippen LogP contribution is 2.31. The third-order valence-corrected chi connectivity index (χ3v) is 5.15. The van der Waals surface area contributed by atoms with Crippen LogP contribution in [0.25, 0.3) is 21.9 Å². The summed E-state index contributed by atoms with van der Waals surface area (Å²) in [5.41, 5.74) is 8.21. The zero-order valence-corrected chi connectivity index (χ0v) is 20.1. The molecule has 0 radical (unpaired) electrons. The van der Waals surface area contributed by atoms with Crippen molar-refractivity contribution in [1.29, 1.82) is 0 Å². The van der Waals surface area contributed by atoms with Crippen molar-refractivity contribution in [3.63, 3.8) is 0 Å². The minimum Gasteiger partial charge on any atom is -0.444 e. The van der Waals surface area contributed by atoms with Crippen molar-refractivity contribution >= 4 is 49.8 Å². The molecule has 1 aromatic carbocycles. The summed E-state index contributed by atoms with van der Waals surface area (Å²) >= 11 is 3.50. The monoisotopic (exact) mass is 491 g/mol. The second-order valence-corrected chi connectivity index (χ2v) is 9.22. The number of benzene rings is 1. The minimum absolute atomic E-state index is 0.395. The number of carbonyl (C=O) groups excluding carboxylic acids is 1. The normalized spacial score (nSPS) is 11.9. The summed E-state index contributed by atoms with van der Waals surface area (Å²) < 4.78 is 14.0. The SMILES string of the molecule is CCOCc1nc2c(N)nc3cc(Br)ccc3c2n1CCCCNC(=O)OC(C)(C)C. The molecule has 2 aromatic heterocycles. The molecule has 0 aliphatic carbocycles. The molecule has 8 nitrogen and oxygen atoms in total. The molecule has 0 unspecified atom stereocenters. The average Bonchev–Trinajstić information content (AvgIpc) is 3.04. The van der Waals surface area contributed by atoms with Gasteiger partial charge in [0.25, 0.3) is 0 Å². The van der Waals surface area contributed by atoms with E-state index in [4.69, 9.17) is 20.2 Å². The van der Waals surface area contributed by atoms with Gasteiger partial charge in [-0.15, -0.1) is 0 Å². The quantitative estimate of drug-likeness (QED) is 0.439. The number of nitrogens with two attached hydrogens (primary N) is 1. The highest BCUT2D eigenvalue weighted by molar-refractivity contribution is 9.10. The molecule has 0 bridgehead atoms. The number of unbranched alkanes of at least 4 members (excludes halogenated alkanes) is 1. The van der Waals surface area contributed by atoms with E-state index in [-0.39, 0.29) is 0 Å². The molecular weight excluding hydrogens is 462 g/mol. The van der Waals surface area contributed by atoms with Crippen LogP contribution < -0.4 is 11.1 Å². The van der Waals surface area contributed by atoms with Gasteiger partial charge in [-0.3, -0.25) is 0 Å². The summed E-state index contributed by atoms with van der Waals surface area (Å²) in [6, 6.07) is 5.97. The number of aryl methyl sites for hydroxylation is 1. The Bertz CT molecular complexity index is 1070. The number of hydrogen-bond acceptors (Lipinski definition) is 6. The number of amides is 1. The Labute approximate surface area is 190 Å². The first kappa shape index (κ1) is 23.3. The molecule has 0 fully saturated rings. The predicted octanol–water partition coefficient (Wildman–Crippen LogP) is 4.77. The van der Waals surface area contributed by atoms with E-state index < -0.39 is 11.7 Å². The van der Waals surface area contributed by atoms with Gasteiger partial charge in [0.1, 0.15) is 23.5 Å². The van der Waals surface area contributed by atoms with Crippen molar-refractivity contribution < 1.29 is 14.3 Å². The summed E-state index contributed by atoms with van der Waals surface area (Å²) in [4.78, 5) is 21.1. The van der Waals surface area contributed by atoms with Crippen molar-refractivity contribution in [2.45, 2.75) is 59.3 Å². The molecular formula is C22H30BrN5O3. The van der Waals surface area contributed by atoms with Crippen molar-refractivity contribution in [2.24, 2.45) is 0 Å². The number of ether oxygens (including phenoxy) is 2. The molecule has 0 aliphatic heterocycles. The van der Waals surface area contributed by atoms with Crippen LogP contribution in [0.15, 0.2) is 22.7 Å². The maximum Gasteiger partial charge on any atom is 0.407 e. The number of anilines is 1. The summed E-state index contributed by atoms with van der Waals surface area (Å²) in [5.74, 6) is 1.23. The van der Waals surface area contributed by atoms with Crippen LogP contribution in [0.5, 0.6) is 0 Å². The topological polar surface area (TPSA) is 104 Å². The lowest BCUT2D eigenvalue weighted by molar-refractivity contribution is 0.0527. The highest BCUT2D eigenvalue weighted by atomic mass is 79.9. The van der Waals surface area contributed by atoms with E-state index in [0.29, 0.717) is 31.1 Å². The smallest absolute Gasteiger partial charge is 0.407 e. The van der Waals surface area contributed by atoms with Crippen LogP contribution >= 0.6 is 15.9 Å². The number of halogens is 1. The number of carbonyl (C=O) groups is 1. The minimum atomic E-state index is -0.502. The summed E-state index contributed by atoms with van der Waals surface area (Å²) in [7, 11) is 0. The van der Waals surface area contributed by atoms with Gasteiger partial charge < -0.3 is 25.1 Å². The van der Waals surface area contributed by atoms with Gasteiger partial charge in [0.15, 0.2) is 5.82 Å². The third kappa shape index (κ3) is 5.86. The fourth-order valence-corrected chi connectivity index (χ4v) is 3.72. The molecule has 2 heterocycles. The number of alkyl carbamates (subject to hydrolysis) is 1. The molecule has 0 aliphatic rings. The van der Waals surface area contributed by atoms with Crippen LogP contribution in [0.2, 0.25) is 0 Å². The van der Waals surface area contributed by atoms with E-state index in [1.54, 1.807) is 0 Å². The fraction of sp³-hybridized carbons (Fsp3) is 0.500. The highest BCUT2D eigenvalue weighted by Gasteiger charge is 2.18. The lowest BCUT2D eigenvalue weighted by Crippen LogP contribution is -2.33. The number of rotatable bonds is 8. The van der Waals surface area contributed by atoms with Crippen LogP contribution in [0, 0.1) is 0 Å². The maximum absolute atomic E-state index is 11.8. The first-order chi connectivity index (χ1) is 14.7. The van der Waals surface area contributed by atoms with Gasteiger partial charge in [0, 0.05) is 29.6 Å². The molecule has 0 saturated heterocycles. The van der Waals surface area contributed by atoms with Gasteiger partial charge in [-0.1, -0.05) is 15.9 Å². The van der Waals surface area contributed by atoms with E-state index in [9.17, 15) is 4.79 Å². The lowest BCUT2D eigenvalue weighted by atomic mass is 10.2. The number of hydrogen-bond donors (Lipinski definition) is 2. The Morgan fingerprint density at radius 1 is 1.26 bits per heavy atom. The van der Waals surface area contributed by atoms with Crippen molar-refractivity contribution in [2.75, 3.05) is 18.9 Å². The number of imidazole rings is 1. The van der Waals surface area contributed by atoms with Crippen LogP contribution in [0.1, 0.15) is 46.4 Å². The standard InChI is InChI=1S/C22H30BrN5O3/c1-5-30-13-17-27-18-19(15-9-8-14(23)12-16(15)26-20(18)24)28(17)11-7-6-10-25-21(29)31-22(2,3)4/h8-9,12H,5-7,10-11,13H2,1-4H3,(H2,24,26)(H,25,29). The zero-order valence-electron chi connectivity index (χ0n) is 18.5. The number of aromatic nitrogens is 3. The summed E-state index contributed by atoms with van der Waals surface area (Å²) in [5, 5.41) is 3.80. The van der Waals surface area contributed by atoms with Gasteiger partial charge in [-0.25, -0.2) is 14.8 Å². The van der Waals surface area contributed by atoms with Crippen LogP contribution in [-0.2, 0) is 22.6 Å². The Morgan fingerprint density at radius 3 is 2.74 bits per heavy atom. The number of nitrogen functional groups attached to an aromatic ring is 1. The molecule has 0 saturated carbocycles. The number of pyridine rings is 1. The number of nitrogens with one attached hydrogen (secondary N) is 1. The first-order valence-electron chi connectivity index (χ1n) is 10.5. The third-order valence-electron chi connectivity index (χ3n) is 4.66. The van der Waals surface area contributed by atoms with E-state index in [2.05, 4.69) is 30.8 Å². The van der Waals surface area contributed by atoms with Crippen LogP contribution in [0.4, 0.5) is 10.6 Å². The molecule has 3 rings (SSSR count). The first-order valence-corrected chi connectivity index (χ1v) is 11.3. The van der Waals surface area contributed by atoms with Gasteiger partial charge in [0.05, 0.1) is 11.0 Å².